The van der Waals surface area contributed by atoms with E-state index in [0.717, 1.165) is 45.4 Å². The van der Waals surface area contributed by atoms with E-state index < -0.39 is 0 Å². The summed E-state index contributed by atoms with van der Waals surface area (Å²) in [6, 6.07) is 17.9. The van der Waals surface area contributed by atoms with Crippen LogP contribution in [0.1, 0.15) is 41.5 Å². The van der Waals surface area contributed by atoms with Crippen LogP contribution in [0.2, 0.25) is 0 Å². The maximum absolute atomic E-state index is 5.48. The second kappa shape index (κ2) is 10.1. The molecule has 0 spiro atoms. The van der Waals surface area contributed by atoms with Crippen molar-refractivity contribution in [2.45, 2.75) is 45.3 Å². The van der Waals surface area contributed by atoms with E-state index in [1.165, 1.54) is 28.7 Å². The van der Waals surface area contributed by atoms with Crippen molar-refractivity contribution in [3.8, 4) is 0 Å². The standard InChI is InChI=1S/C25H34N4O/c1-3-26-25(28-24-16-23(24)22-11-7-4-8-19(22)2)27-17-20-9-5-6-10-21(20)18-29-12-14-30-15-13-29/h4-11,23-24H,3,12-18H2,1-2H3,(H2,26,27,28). The Bertz CT molecular complexity index is 860. The number of ether oxygens (including phenoxy) is 1. The molecule has 1 heterocycles. The van der Waals surface area contributed by atoms with Crippen LogP contribution in [0.4, 0.5) is 0 Å². The minimum Gasteiger partial charge on any atom is -0.379 e. The molecule has 1 saturated carbocycles. The molecule has 5 nitrogen and oxygen atoms in total. The van der Waals surface area contributed by atoms with Crippen molar-refractivity contribution in [2.75, 3.05) is 32.8 Å². The van der Waals surface area contributed by atoms with Crippen LogP contribution in [0.15, 0.2) is 53.5 Å². The maximum Gasteiger partial charge on any atom is 0.191 e. The fourth-order valence-electron chi connectivity index (χ4n) is 4.23. The summed E-state index contributed by atoms with van der Waals surface area (Å²) >= 11 is 0. The summed E-state index contributed by atoms with van der Waals surface area (Å²) in [6.07, 6.45) is 1.17. The number of benzene rings is 2. The fourth-order valence-corrected chi connectivity index (χ4v) is 4.23. The van der Waals surface area contributed by atoms with Gasteiger partial charge >= 0.3 is 0 Å². The lowest BCUT2D eigenvalue weighted by atomic mass is 10.0. The van der Waals surface area contributed by atoms with Gasteiger partial charge in [-0.2, -0.15) is 0 Å². The minimum atomic E-state index is 0.465. The van der Waals surface area contributed by atoms with Crippen LogP contribution in [0.3, 0.4) is 0 Å². The molecule has 160 valence electrons. The second-order valence-electron chi connectivity index (χ2n) is 8.30. The zero-order chi connectivity index (χ0) is 20.8. The van der Waals surface area contributed by atoms with Gasteiger partial charge in [-0.15, -0.1) is 0 Å². The number of nitrogens with one attached hydrogen (secondary N) is 2. The second-order valence-corrected chi connectivity index (χ2v) is 8.30. The first kappa shape index (κ1) is 20.9. The highest BCUT2D eigenvalue weighted by Gasteiger charge is 2.39. The molecule has 2 fully saturated rings. The fraction of sp³-hybridized carbons (Fsp3) is 0.480. The summed E-state index contributed by atoms with van der Waals surface area (Å²) in [6.45, 7) is 10.5. The van der Waals surface area contributed by atoms with Crippen molar-refractivity contribution in [1.29, 1.82) is 0 Å². The molecule has 30 heavy (non-hydrogen) atoms. The van der Waals surface area contributed by atoms with Gasteiger partial charge < -0.3 is 15.4 Å². The average Bonchev–Trinajstić information content (AvgIpc) is 3.53. The molecule has 5 heteroatoms. The molecule has 1 saturated heterocycles. The highest BCUT2D eigenvalue weighted by Crippen LogP contribution is 2.42. The van der Waals surface area contributed by atoms with Crippen LogP contribution in [0.25, 0.3) is 0 Å². The normalized spacial score (nSPS) is 22.0. The van der Waals surface area contributed by atoms with Crippen LogP contribution < -0.4 is 10.6 Å². The van der Waals surface area contributed by atoms with E-state index in [4.69, 9.17) is 9.73 Å². The van der Waals surface area contributed by atoms with E-state index in [9.17, 15) is 0 Å². The zero-order valence-corrected chi connectivity index (χ0v) is 18.2. The Kier molecular flexibility index (Phi) is 7.03. The SMILES string of the molecule is CCNC(=NCc1ccccc1CN1CCOCC1)NC1CC1c1ccccc1C. The number of guanidine groups is 1. The van der Waals surface area contributed by atoms with Gasteiger partial charge in [0.15, 0.2) is 5.96 Å². The van der Waals surface area contributed by atoms with Crippen LogP contribution in [0.5, 0.6) is 0 Å². The molecule has 2 atom stereocenters. The number of hydrogen-bond acceptors (Lipinski definition) is 3. The molecule has 0 aromatic heterocycles. The van der Waals surface area contributed by atoms with Gasteiger partial charge in [0.2, 0.25) is 0 Å². The minimum absolute atomic E-state index is 0.465. The van der Waals surface area contributed by atoms with Crippen molar-refractivity contribution in [3.63, 3.8) is 0 Å². The number of rotatable bonds is 7. The third-order valence-corrected chi connectivity index (χ3v) is 6.07. The van der Waals surface area contributed by atoms with Crippen molar-refractivity contribution in [3.05, 3.63) is 70.8 Å². The Labute approximate surface area is 180 Å². The molecule has 0 radical (unpaired) electrons. The third kappa shape index (κ3) is 5.41. The first-order valence-corrected chi connectivity index (χ1v) is 11.2. The van der Waals surface area contributed by atoms with Crippen molar-refractivity contribution >= 4 is 5.96 Å². The van der Waals surface area contributed by atoms with Gasteiger partial charge in [0.1, 0.15) is 0 Å². The summed E-state index contributed by atoms with van der Waals surface area (Å²) in [7, 11) is 0. The summed E-state index contributed by atoms with van der Waals surface area (Å²) in [5, 5.41) is 7.07. The lowest BCUT2D eigenvalue weighted by molar-refractivity contribution is 0.0341. The Hall–Kier alpha value is -2.37. The Morgan fingerprint density at radius 1 is 1.07 bits per heavy atom. The molecule has 0 bridgehead atoms. The van der Waals surface area contributed by atoms with Gasteiger partial charge in [0.25, 0.3) is 0 Å². The van der Waals surface area contributed by atoms with Crippen LogP contribution >= 0.6 is 0 Å². The average molecular weight is 407 g/mol. The van der Waals surface area contributed by atoms with Gasteiger partial charge in [-0.1, -0.05) is 48.5 Å². The summed E-state index contributed by atoms with van der Waals surface area (Å²) < 4.78 is 5.48. The molecule has 1 aliphatic heterocycles. The van der Waals surface area contributed by atoms with Gasteiger partial charge in [0, 0.05) is 38.1 Å². The summed E-state index contributed by atoms with van der Waals surface area (Å²) in [4.78, 5) is 7.38. The van der Waals surface area contributed by atoms with Gasteiger partial charge in [-0.3, -0.25) is 4.90 Å². The Balaban J connectivity index is 1.39. The Morgan fingerprint density at radius 3 is 2.57 bits per heavy atom. The van der Waals surface area contributed by atoms with Gasteiger partial charge in [0.05, 0.1) is 19.8 Å². The number of morpholine rings is 1. The van der Waals surface area contributed by atoms with E-state index in [1.807, 2.05) is 0 Å². The molecule has 2 N–H and O–H groups in total. The third-order valence-electron chi connectivity index (χ3n) is 6.07. The number of aryl methyl sites for hydroxylation is 1. The summed E-state index contributed by atoms with van der Waals surface area (Å²) in [5.41, 5.74) is 5.50. The lowest BCUT2D eigenvalue weighted by Crippen LogP contribution is -2.39. The molecular weight excluding hydrogens is 372 g/mol. The quantitative estimate of drug-likeness (QED) is 0.546. The molecule has 2 unspecified atom stereocenters. The van der Waals surface area contributed by atoms with Gasteiger partial charge in [-0.25, -0.2) is 4.99 Å². The molecule has 2 aromatic carbocycles. The van der Waals surface area contributed by atoms with E-state index in [1.54, 1.807) is 0 Å². The number of hydrogen-bond donors (Lipinski definition) is 2. The van der Waals surface area contributed by atoms with E-state index >= 15 is 0 Å². The zero-order valence-electron chi connectivity index (χ0n) is 18.2. The van der Waals surface area contributed by atoms with E-state index in [0.29, 0.717) is 18.5 Å². The molecule has 0 amide bonds. The maximum atomic E-state index is 5.48. The first-order chi connectivity index (χ1) is 14.7. The first-order valence-electron chi connectivity index (χ1n) is 11.2. The Morgan fingerprint density at radius 2 is 1.80 bits per heavy atom. The van der Waals surface area contributed by atoms with Crippen molar-refractivity contribution in [2.24, 2.45) is 4.99 Å². The lowest BCUT2D eigenvalue weighted by Gasteiger charge is -2.27. The molecule has 2 aliphatic rings. The van der Waals surface area contributed by atoms with Gasteiger partial charge in [-0.05, 0) is 42.5 Å². The number of nitrogens with zero attached hydrogens (tertiary/aromatic N) is 2. The largest absolute Gasteiger partial charge is 0.379 e. The summed E-state index contributed by atoms with van der Waals surface area (Å²) in [5.74, 6) is 1.50. The van der Waals surface area contributed by atoms with E-state index in [-0.39, 0.29) is 0 Å². The van der Waals surface area contributed by atoms with Crippen molar-refractivity contribution < 1.29 is 4.74 Å². The van der Waals surface area contributed by atoms with Crippen LogP contribution in [-0.4, -0.2) is 49.7 Å². The smallest absolute Gasteiger partial charge is 0.191 e. The topological polar surface area (TPSA) is 48.9 Å². The highest BCUT2D eigenvalue weighted by atomic mass is 16.5. The predicted octanol–water partition coefficient (Wildman–Crippen LogP) is 3.44. The van der Waals surface area contributed by atoms with Crippen molar-refractivity contribution in [1.82, 2.24) is 15.5 Å². The molecule has 1 aliphatic carbocycles. The molecule has 4 rings (SSSR count). The van der Waals surface area contributed by atoms with Crippen LogP contribution in [0, 0.1) is 6.92 Å². The number of aliphatic imine (C=N–C) groups is 1. The highest BCUT2D eigenvalue weighted by molar-refractivity contribution is 5.80. The van der Waals surface area contributed by atoms with Crippen LogP contribution in [-0.2, 0) is 17.8 Å². The predicted molar refractivity (Wildman–Crippen MR) is 123 cm³/mol. The molecular formula is C25H34N4O. The molecule has 2 aromatic rings. The van der Waals surface area contributed by atoms with E-state index in [2.05, 4.69) is 77.9 Å². The monoisotopic (exact) mass is 406 g/mol.